The average molecular weight is 315 g/mol. The van der Waals surface area contributed by atoms with E-state index in [9.17, 15) is 9.59 Å². The normalized spacial score (nSPS) is 9.83. The lowest BCUT2D eigenvalue weighted by atomic mass is 10.2. The van der Waals surface area contributed by atoms with Gasteiger partial charge in [-0.05, 0) is 31.2 Å². The molecule has 2 N–H and O–H groups in total. The highest BCUT2D eigenvalue weighted by atomic mass is 16.5. The summed E-state index contributed by atoms with van der Waals surface area (Å²) in [5, 5.41) is 5.30. The van der Waals surface area contributed by atoms with E-state index in [1.54, 1.807) is 43.5 Å². The lowest BCUT2D eigenvalue weighted by Crippen LogP contribution is -2.15. The second kappa shape index (κ2) is 7.79. The van der Waals surface area contributed by atoms with Crippen molar-refractivity contribution in [1.29, 1.82) is 0 Å². The zero-order valence-corrected chi connectivity index (χ0v) is 12.8. The van der Waals surface area contributed by atoms with Crippen LogP contribution in [0.1, 0.15) is 17.3 Å². The van der Waals surface area contributed by atoms with Crippen LogP contribution >= 0.6 is 0 Å². The number of nitrogens with zero attached hydrogens (tertiary/aromatic N) is 1. The summed E-state index contributed by atoms with van der Waals surface area (Å²) in [5.41, 5.74) is 1.43. The Morgan fingerprint density at radius 1 is 1.22 bits per heavy atom. The van der Waals surface area contributed by atoms with E-state index in [-0.39, 0.29) is 12.5 Å². The monoisotopic (exact) mass is 315 g/mol. The molecule has 0 aliphatic rings. The molecule has 0 fully saturated rings. The van der Waals surface area contributed by atoms with E-state index in [4.69, 9.17) is 9.47 Å². The van der Waals surface area contributed by atoms with Crippen LogP contribution in [0.3, 0.4) is 0 Å². The van der Waals surface area contributed by atoms with E-state index in [1.165, 1.54) is 13.3 Å². The molecule has 2 amide bonds. The third kappa shape index (κ3) is 4.44. The van der Waals surface area contributed by atoms with Crippen molar-refractivity contribution in [2.75, 3.05) is 24.4 Å². The third-order valence-electron chi connectivity index (χ3n) is 2.90. The van der Waals surface area contributed by atoms with Crippen LogP contribution in [0.2, 0.25) is 0 Å². The lowest BCUT2D eigenvalue weighted by Gasteiger charge is -2.12. The van der Waals surface area contributed by atoms with Crippen LogP contribution in [0.4, 0.5) is 16.2 Å². The van der Waals surface area contributed by atoms with Crippen molar-refractivity contribution in [3.05, 3.63) is 48.3 Å². The predicted molar refractivity (Wildman–Crippen MR) is 85.8 cm³/mol. The summed E-state index contributed by atoms with van der Waals surface area (Å²) in [6.45, 7) is 1.99. The van der Waals surface area contributed by atoms with E-state index in [0.29, 0.717) is 22.7 Å². The highest BCUT2D eigenvalue weighted by Gasteiger charge is 2.11. The number of hydrogen-bond donors (Lipinski definition) is 2. The quantitative estimate of drug-likeness (QED) is 0.885. The van der Waals surface area contributed by atoms with Gasteiger partial charge >= 0.3 is 6.09 Å². The molecule has 120 valence electrons. The molecule has 1 heterocycles. The zero-order valence-electron chi connectivity index (χ0n) is 12.8. The van der Waals surface area contributed by atoms with Gasteiger partial charge in [0.05, 0.1) is 25.0 Å². The third-order valence-corrected chi connectivity index (χ3v) is 2.90. The van der Waals surface area contributed by atoms with Crippen molar-refractivity contribution in [3.8, 4) is 5.75 Å². The Kier molecular flexibility index (Phi) is 5.51. The molecule has 0 atom stereocenters. The van der Waals surface area contributed by atoms with E-state index >= 15 is 0 Å². The second-order valence-corrected chi connectivity index (χ2v) is 4.46. The summed E-state index contributed by atoms with van der Waals surface area (Å²) >= 11 is 0. The van der Waals surface area contributed by atoms with Crippen LogP contribution in [0, 0.1) is 0 Å². The summed E-state index contributed by atoms with van der Waals surface area (Å²) in [4.78, 5) is 27.4. The minimum absolute atomic E-state index is 0.271. The SMILES string of the molecule is CCOC(=O)Nc1ccc(NC(=O)c2cccnc2)cc1OC. The number of nitrogens with one attached hydrogen (secondary N) is 2. The molecule has 1 aromatic carbocycles. The number of methoxy groups -OCH3 is 1. The minimum Gasteiger partial charge on any atom is -0.494 e. The summed E-state index contributed by atoms with van der Waals surface area (Å²) in [6.07, 6.45) is 2.50. The molecule has 2 rings (SSSR count). The number of rotatable bonds is 5. The van der Waals surface area contributed by atoms with Crippen molar-refractivity contribution in [3.63, 3.8) is 0 Å². The number of carbonyl (C=O) groups is 2. The number of aromatic nitrogens is 1. The molecule has 0 aliphatic heterocycles. The van der Waals surface area contributed by atoms with Crippen molar-refractivity contribution in [2.45, 2.75) is 6.92 Å². The van der Waals surface area contributed by atoms with Gasteiger partial charge in [0.2, 0.25) is 0 Å². The first kappa shape index (κ1) is 16.3. The van der Waals surface area contributed by atoms with Crippen LogP contribution in [-0.4, -0.2) is 30.7 Å². The van der Waals surface area contributed by atoms with Gasteiger partial charge in [-0.2, -0.15) is 0 Å². The zero-order chi connectivity index (χ0) is 16.7. The Morgan fingerprint density at radius 3 is 2.70 bits per heavy atom. The smallest absolute Gasteiger partial charge is 0.411 e. The van der Waals surface area contributed by atoms with Gasteiger partial charge < -0.3 is 14.8 Å². The Labute approximate surface area is 133 Å². The molecule has 7 heteroatoms. The summed E-state index contributed by atoms with van der Waals surface area (Å²) in [7, 11) is 1.47. The molecular weight excluding hydrogens is 298 g/mol. The summed E-state index contributed by atoms with van der Waals surface area (Å²) < 4.78 is 10.0. The first-order valence-corrected chi connectivity index (χ1v) is 6.97. The van der Waals surface area contributed by atoms with Crippen molar-refractivity contribution in [2.24, 2.45) is 0 Å². The van der Waals surface area contributed by atoms with Gasteiger partial charge in [0.15, 0.2) is 0 Å². The fourth-order valence-corrected chi connectivity index (χ4v) is 1.85. The molecule has 0 saturated heterocycles. The summed E-state index contributed by atoms with van der Waals surface area (Å²) in [6, 6.07) is 8.22. The first-order valence-electron chi connectivity index (χ1n) is 6.97. The maximum atomic E-state index is 12.1. The van der Waals surface area contributed by atoms with Crippen LogP contribution in [0.15, 0.2) is 42.7 Å². The number of pyridine rings is 1. The Hall–Kier alpha value is -3.09. The lowest BCUT2D eigenvalue weighted by molar-refractivity contribution is 0.102. The second-order valence-electron chi connectivity index (χ2n) is 4.46. The predicted octanol–water partition coefficient (Wildman–Crippen LogP) is 2.91. The van der Waals surface area contributed by atoms with Crippen molar-refractivity contribution < 1.29 is 19.1 Å². The molecule has 0 bridgehead atoms. The highest BCUT2D eigenvalue weighted by Crippen LogP contribution is 2.28. The van der Waals surface area contributed by atoms with Crippen LogP contribution in [-0.2, 0) is 4.74 Å². The molecule has 23 heavy (non-hydrogen) atoms. The number of carbonyl (C=O) groups excluding carboxylic acids is 2. The van der Waals surface area contributed by atoms with E-state index < -0.39 is 6.09 Å². The molecule has 0 unspecified atom stereocenters. The topological polar surface area (TPSA) is 89.6 Å². The molecule has 0 radical (unpaired) electrons. The number of hydrogen-bond acceptors (Lipinski definition) is 5. The van der Waals surface area contributed by atoms with Crippen LogP contribution in [0.5, 0.6) is 5.75 Å². The van der Waals surface area contributed by atoms with Crippen LogP contribution in [0.25, 0.3) is 0 Å². The number of ether oxygens (including phenoxy) is 2. The maximum Gasteiger partial charge on any atom is 0.411 e. The highest BCUT2D eigenvalue weighted by molar-refractivity contribution is 6.04. The maximum absolute atomic E-state index is 12.1. The van der Waals surface area contributed by atoms with Gasteiger partial charge in [-0.1, -0.05) is 0 Å². The van der Waals surface area contributed by atoms with E-state index in [1.807, 2.05) is 0 Å². The first-order chi connectivity index (χ1) is 11.1. The Morgan fingerprint density at radius 2 is 2.04 bits per heavy atom. The average Bonchev–Trinajstić information content (AvgIpc) is 2.57. The van der Waals surface area contributed by atoms with Gasteiger partial charge in [-0.15, -0.1) is 0 Å². The molecule has 0 spiro atoms. The fourth-order valence-electron chi connectivity index (χ4n) is 1.85. The van der Waals surface area contributed by atoms with Gasteiger partial charge in [0.1, 0.15) is 5.75 Å². The largest absolute Gasteiger partial charge is 0.494 e. The van der Waals surface area contributed by atoms with Gasteiger partial charge in [0, 0.05) is 24.1 Å². The number of amides is 2. The molecular formula is C16H17N3O4. The minimum atomic E-state index is -0.571. The standard InChI is InChI=1S/C16H17N3O4/c1-3-23-16(21)19-13-7-6-12(9-14(13)22-2)18-15(20)11-5-4-8-17-10-11/h4-10H,3H2,1-2H3,(H,18,20)(H,19,21). The molecule has 7 nitrogen and oxygen atoms in total. The van der Waals surface area contributed by atoms with Gasteiger partial charge in [-0.25, -0.2) is 4.79 Å². The Balaban J connectivity index is 2.12. The fraction of sp³-hybridized carbons (Fsp3) is 0.188. The number of anilines is 2. The van der Waals surface area contributed by atoms with Crippen molar-refractivity contribution >= 4 is 23.4 Å². The van der Waals surface area contributed by atoms with E-state index in [2.05, 4.69) is 15.6 Å². The van der Waals surface area contributed by atoms with Gasteiger partial charge in [-0.3, -0.25) is 15.1 Å². The van der Waals surface area contributed by atoms with Crippen LogP contribution < -0.4 is 15.4 Å². The molecule has 0 aliphatic carbocycles. The Bertz CT molecular complexity index is 689. The number of benzene rings is 1. The molecule has 2 aromatic rings. The van der Waals surface area contributed by atoms with E-state index in [0.717, 1.165) is 0 Å². The molecule has 0 saturated carbocycles. The molecule has 1 aromatic heterocycles. The van der Waals surface area contributed by atoms with Crippen molar-refractivity contribution in [1.82, 2.24) is 4.98 Å². The van der Waals surface area contributed by atoms with Gasteiger partial charge in [0.25, 0.3) is 5.91 Å². The summed E-state index contributed by atoms with van der Waals surface area (Å²) in [5.74, 6) is 0.119.